The van der Waals surface area contributed by atoms with Crippen LogP contribution in [0.5, 0.6) is 0 Å². The minimum absolute atomic E-state index is 0.404. The average Bonchev–Trinajstić information content (AvgIpc) is 2.50. The van der Waals surface area contributed by atoms with E-state index in [4.69, 9.17) is 4.52 Å². The molecule has 1 aromatic rings. The van der Waals surface area contributed by atoms with Crippen LogP contribution in [0.15, 0.2) is 48.0 Å². The molecule has 0 aromatic heterocycles. The van der Waals surface area contributed by atoms with E-state index in [9.17, 15) is 4.57 Å². The van der Waals surface area contributed by atoms with Crippen molar-refractivity contribution >= 4 is 30.1 Å². The van der Waals surface area contributed by atoms with Gasteiger partial charge < -0.3 is 4.52 Å². The minimum Gasteiger partial charge on any atom is -0.306 e. The second-order valence-electron chi connectivity index (χ2n) is 4.21. The van der Waals surface area contributed by atoms with Gasteiger partial charge in [0.05, 0.1) is 18.6 Å². The third kappa shape index (κ3) is 6.08. The third-order valence-corrected chi connectivity index (χ3v) is 7.35. The highest BCUT2D eigenvalue weighted by atomic mass is 32.7. The molecule has 0 saturated carbocycles. The fourth-order valence-corrected chi connectivity index (χ4v) is 5.70. The summed E-state index contributed by atoms with van der Waals surface area (Å²) in [5, 5.41) is 0. The Morgan fingerprint density at radius 1 is 1.38 bits per heavy atom. The molecule has 0 saturated heterocycles. The summed E-state index contributed by atoms with van der Waals surface area (Å²) < 4.78 is 20.2. The molecule has 116 valence electrons. The minimum atomic E-state index is -2.97. The molecular formula is C15H23N2O2PS. The van der Waals surface area contributed by atoms with Gasteiger partial charge in [0.2, 0.25) is 0 Å². The van der Waals surface area contributed by atoms with Gasteiger partial charge in [-0.1, -0.05) is 31.2 Å². The normalized spacial score (nSPS) is 14.0. The van der Waals surface area contributed by atoms with Crippen LogP contribution >= 0.6 is 18.1 Å². The summed E-state index contributed by atoms with van der Waals surface area (Å²) in [7, 11) is 0. The van der Waals surface area contributed by atoms with E-state index in [0.29, 0.717) is 13.2 Å². The van der Waals surface area contributed by atoms with Crippen molar-refractivity contribution < 1.29 is 9.09 Å². The van der Waals surface area contributed by atoms with Crippen LogP contribution < -0.4 is 0 Å². The van der Waals surface area contributed by atoms with Crippen molar-refractivity contribution in [1.82, 2.24) is 4.67 Å². The van der Waals surface area contributed by atoms with Crippen molar-refractivity contribution in [3.8, 4) is 0 Å². The Morgan fingerprint density at radius 3 is 2.67 bits per heavy atom. The zero-order valence-electron chi connectivity index (χ0n) is 12.6. The Labute approximate surface area is 131 Å². The zero-order chi connectivity index (χ0) is 15.6. The highest BCUT2D eigenvalue weighted by Crippen LogP contribution is 2.62. The Hall–Kier alpha value is -1.03. The fraction of sp³-hybridized carbons (Fsp3) is 0.400. The molecule has 1 unspecified atom stereocenters. The lowest BCUT2D eigenvalue weighted by Gasteiger charge is -2.27. The highest BCUT2D eigenvalue weighted by Gasteiger charge is 2.29. The zero-order valence-corrected chi connectivity index (χ0v) is 14.4. The maximum atomic E-state index is 13.0. The average molecular weight is 326 g/mol. The van der Waals surface area contributed by atoms with E-state index in [2.05, 4.69) is 18.5 Å². The molecule has 1 rings (SSSR count). The standard InChI is InChI=1S/C15H23N2O2PS/c1-4-12-17(14-16-15-10-8-7-9-11-15)20(18,19-6-3)21-13-5-2/h4,7-11,14H,1,5-6,12-13H2,2-3H3. The van der Waals surface area contributed by atoms with Crippen LogP contribution in [0.3, 0.4) is 0 Å². The van der Waals surface area contributed by atoms with E-state index in [1.165, 1.54) is 11.4 Å². The summed E-state index contributed by atoms with van der Waals surface area (Å²) in [6.07, 6.45) is 4.24. The van der Waals surface area contributed by atoms with Gasteiger partial charge in [-0.15, -0.1) is 6.58 Å². The molecule has 0 N–H and O–H groups in total. The monoisotopic (exact) mass is 326 g/mol. The summed E-state index contributed by atoms with van der Waals surface area (Å²) in [4.78, 5) is 4.37. The lowest BCUT2D eigenvalue weighted by atomic mass is 10.3. The van der Waals surface area contributed by atoms with Gasteiger partial charge in [0, 0.05) is 12.3 Å². The Kier molecular flexibility index (Phi) is 8.43. The van der Waals surface area contributed by atoms with E-state index < -0.39 is 6.72 Å². The van der Waals surface area contributed by atoms with E-state index >= 15 is 0 Å². The van der Waals surface area contributed by atoms with Crippen LogP contribution in [-0.4, -0.2) is 29.9 Å². The Bertz CT molecular complexity index is 494. The molecular weight excluding hydrogens is 303 g/mol. The Balaban J connectivity index is 2.93. The summed E-state index contributed by atoms with van der Waals surface area (Å²) in [5.41, 5.74) is 0.815. The van der Waals surface area contributed by atoms with Crippen LogP contribution in [0, 0.1) is 0 Å². The van der Waals surface area contributed by atoms with Crippen molar-refractivity contribution in [1.29, 1.82) is 0 Å². The number of aliphatic imine (C=N–C) groups is 1. The quantitative estimate of drug-likeness (QED) is 0.259. The first-order chi connectivity index (χ1) is 10.2. The summed E-state index contributed by atoms with van der Waals surface area (Å²) in [6, 6.07) is 9.56. The topological polar surface area (TPSA) is 41.9 Å². The lowest BCUT2D eigenvalue weighted by molar-refractivity contribution is 0.321. The predicted octanol–water partition coefficient (Wildman–Crippen LogP) is 5.12. The van der Waals surface area contributed by atoms with Crippen molar-refractivity contribution in [3.63, 3.8) is 0 Å². The molecule has 21 heavy (non-hydrogen) atoms. The maximum absolute atomic E-state index is 13.0. The van der Waals surface area contributed by atoms with E-state index in [1.807, 2.05) is 37.3 Å². The second kappa shape index (κ2) is 9.82. The molecule has 0 bridgehead atoms. The van der Waals surface area contributed by atoms with Gasteiger partial charge in [0.25, 0.3) is 0 Å². The SMILES string of the molecule is C=CCN(C=Nc1ccccc1)P(=O)(OCC)SCCC. The van der Waals surface area contributed by atoms with Gasteiger partial charge in [0.1, 0.15) is 0 Å². The van der Waals surface area contributed by atoms with E-state index in [-0.39, 0.29) is 0 Å². The van der Waals surface area contributed by atoms with Crippen molar-refractivity contribution in [3.05, 3.63) is 43.0 Å². The number of para-hydroxylation sites is 1. The first-order valence-corrected chi connectivity index (χ1v) is 10.2. The van der Waals surface area contributed by atoms with E-state index in [0.717, 1.165) is 17.9 Å². The van der Waals surface area contributed by atoms with Gasteiger partial charge in [-0.25, -0.2) is 4.99 Å². The van der Waals surface area contributed by atoms with Crippen LogP contribution in [-0.2, 0) is 9.09 Å². The van der Waals surface area contributed by atoms with Gasteiger partial charge >= 0.3 is 6.72 Å². The molecule has 0 aliphatic rings. The van der Waals surface area contributed by atoms with Gasteiger partial charge in [0.15, 0.2) is 0 Å². The second-order valence-corrected chi connectivity index (χ2v) is 8.74. The number of hydrogen-bond acceptors (Lipinski definition) is 4. The van der Waals surface area contributed by atoms with Crippen LogP contribution in [0.2, 0.25) is 0 Å². The predicted molar refractivity (Wildman–Crippen MR) is 93.5 cm³/mol. The molecule has 6 heteroatoms. The van der Waals surface area contributed by atoms with Crippen LogP contribution in [0.4, 0.5) is 5.69 Å². The first-order valence-electron chi connectivity index (χ1n) is 7.02. The Morgan fingerprint density at radius 2 is 2.10 bits per heavy atom. The molecule has 0 aliphatic carbocycles. The smallest absolute Gasteiger partial charge is 0.306 e. The molecule has 4 nitrogen and oxygen atoms in total. The lowest BCUT2D eigenvalue weighted by Crippen LogP contribution is -2.19. The highest BCUT2D eigenvalue weighted by molar-refractivity contribution is 8.55. The number of rotatable bonds is 10. The molecule has 0 spiro atoms. The molecule has 0 amide bonds. The maximum Gasteiger partial charge on any atom is 0.354 e. The van der Waals surface area contributed by atoms with E-state index in [1.54, 1.807) is 17.1 Å². The molecule has 0 radical (unpaired) electrons. The van der Waals surface area contributed by atoms with Crippen LogP contribution in [0.1, 0.15) is 20.3 Å². The third-order valence-electron chi connectivity index (χ3n) is 2.48. The van der Waals surface area contributed by atoms with Gasteiger partial charge in [-0.3, -0.25) is 9.24 Å². The molecule has 1 atom stereocenters. The molecule has 0 heterocycles. The van der Waals surface area contributed by atoms with Crippen molar-refractivity contribution in [2.75, 3.05) is 18.9 Å². The summed E-state index contributed by atoms with van der Waals surface area (Å²) in [5.74, 6) is 0.782. The van der Waals surface area contributed by atoms with Gasteiger partial charge in [-0.05, 0) is 36.9 Å². The fourth-order valence-electron chi connectivity index (χ4n) is 1.55. The molecule has 1 aromatic carbocycles. The van der Waals surface area contributed by atoms with Crippen molar-refractivity contribution in [2.24, 2.45) is 4.99 Å². The summed E-state index contributed by atoms with van der Waals surface area (Å²) in [6.45, 7) is 5.49. The van der Waals surface area contributed by atoms with Crippen LogP contribution in [0.25, 0.3) is 0 Å². The van der Waals surface area contributed by atoms with Crippen molar-refractivity contribution in [2.45, 2.75) is 20.3 Å². The number of hydrogen-bond donors (Lipinski definition) is 0. The number of nitrogens with zero attached hydrogens (tertiary/aromatic N) is 2. The number of benzene rings is 1. The summed E-state index contributed by atoms with van der Waals surface area (Å²) >= 11 is 1.35. The largest absolute Gasteiger partial charge is 0.354 e. The molecule has 0 fully saturated rings. The van der Waals surface area contributed by atoms with Gasteiger partial charge in [-0.2, -0.15) is 0 Å². The molecule has 0 aliphatic heterocycles. The first kappa shape index (κ1) is 18.0.